The minimum absolute atomic E-state index is 0.0125. The topological polar surface area (TPSA) is 96.2 Å². The van der Waals surface area contributed by atoms with Gasteiger partial charge in [0, 0.05) is 0 Å². The van der Waals surface area contributed by atoms with Crippen molar-refractivity contribution < 1.29 is 9.21 Å². The largest absolute Gasteiger partial charge is 0.422 e. The van der Waals surface area contributed by atoms with E-state index in [0.717, 1.165) is 5.01 Å². The van der Waals surface area contributed by atoms with Crippen LogP contribution < -0.4 is 10.9 Å². The number of fused-ring (bicyclic) bond motifs is 1. The molecule has 16 heavy (non-hydrogen) atoms. The van der Waals surface area contributed by atoms with E-state index in [2.05, 4.69) is 4.98 Å². The maximum absolute atomic E-state index is 11.3. The quantitative estimate of drug-likeness (QED) is 0.458. The van der Waals surface area contributed by atoms with Crippen molar-refractivity contribution in [3.05, 3.63) is 24.3 Å². The van der Waals surface area contributed by atoms with Crippen molar-refractivity contribution in [2.24, 2.45) is 5.84 Å². The minimum Gasteiger partial charge on any atom is -0.422 e. The number of rotatable bonds is 2. The van der Waals surface area contributed by atoms with Gasteiger partial charge >= 0.3 is 6.01 Å². The van der Waals surface area contributed by atoms with Crippen molar-refractivity contribution in [3.8, 4) is 6.07 Å². The number of anilines is 1. The van der Waals surface area contributed by atoms with E-state index in [1.54, 1.807) is 30.3 Å². The highest BCUT2D eigenvalue weighted by Crippen LogP contribution is 2.19. The molecule has 2 aromatic rings. The fourth-order valence-electron chi connectivity index (χ4n) is 1.22. The molecule has 1 aromatic carbocycles. The fourth-order valence-corrected chi connectivity index (χ4v) is 1.22. The number of nitrogens with two attached hydrogens (primary N) is 1. The second kappa shape index (κ2) is 4.00. The van der Waals surface area contributed by atoms with Crippen LogP contribution in [0.4, 0.5) is 6.01 Å². The van der Waals surface area contributed by atoms with Gasteiger partial charge in [-0.05, 0) is 12.1 Å². The number of hydrogen-bond acceptors (Lipinski definition) is 5. The highest BCUT2D eigenvalue weighted by molar-refractivity contribution is 5.92. The smallest absolute Gasteiger partial charge is 0.320 e. The highest BCUT2D eigenvalue weighted by Gasteiger charge is 2.17. The first-order valence-electron chi connectivity index (χ1n) is 4.52. The molecular weight excluding hydrogens is 208 g/mol. The van der Waals surface area contributed by atoms with Crippen molar-refractivity contribution in [2.75, 3.05) is 5.01 Å². The number of nitrogens with zero attached hydrogens (tertiary/aromatic N) is 3. The van der Waals surface area contributed by atoms with Crippen LogP contribution in [0.3, 0.4) is 0 Å². The van der Waals surface area contributed by atoms with Crippen molar-refractivity contribution >= 4 is 23.0 Å². The Morgan fingerprint density at radius 1 is 1.56 bits per heavy atom. The average molecular weight is 216 g/mol. The molecule has 80 valence electrons. The summed E-state index contributed by atoms with van der Waals surface area (Å²) in [4.78, 5) is 15.3. The lowest BCUT2D eigenvalue weighted by Gasteiger charge is -2.08. The van der Waals surface area contributed by atoms with Crippen molar-refractivity contribution in [1.29, 1.82) is 5.26 Å². The van der Waals surface area contributed by atoms with Gasteiger partial charge in [-0.2, -0.15) is 15.3 Å². The molecule has 0 aliphatic carbocycles. The summed E-state index contributed by atoms with van der Waals surface area (Å²) in [7, 11) is 0. The summed E-state index contributed by atoms with van der Waals surface area (Å²) in [5.41, 5.74) is 1.15. The predicted molar refractivity (Wildman–Crippen MR) is 55.9 cm³/mol. The van der Waals surface area contributed by atoms with E-state index < -0.39 is 5.91 Å². The normalized spacial score (nSPS) is 10.0. The van der Waals surface area contributed by atoms with Crippen molar-refractivity contribution in [3.63, 3.8) is 0 Å². The Morgan fingerprint density at radius 2 is 2.31 bits per heavy atom. The van der Waals surface area contributed by atoms with Crippen LogP contribution in [0.25, 0.3) is 11.1 Å². The van der Waals surface area contributed by atoms with Gasteiger partial charge in [0.1, 0.15) is 11.9 Å². The number of hydrazine groups is 1. The van der Waals surface area contributed by atoms with E-state index in [0.29, 0.717) is 11.1 Å². The minimum atomic E-state index is -0.561. The van der Waals surface area contributed by atoms with Gasteiger partial charge in [-0.1, -0.05) is 12.1 Å². The summed E-state index contributed by atoms with van der Waals surface area (Å²) in [5.74, 6) is 4.90. The Kier molecular flexibility index (Phi) is 2.54. The molecule has 1 heterocycles. The molecule has 0 saturated carbocycles. The van der Waals surface area contributed by atoms with E-state index in [1.807, 2.05) is 0 Å². The summed E-state index contributed by atoms with van der Waals surface area (Å²) in [6.45, 7) is 0. The number of benzene rings is 1. The molecule has 1 aromatic heterocycles. The molecule has 0 fully saturated rings. The van der Waals surface area contributed by atoms with Crippen LogP contribution in [-0.2, 0) is 4.79 Å². The number of aromatic nitrogens is 1. The Hall–Kier alpha value is -2.39. The van der Waals surface area contributed by atoms with Crippen molar-refractivity contribution in [1.82, 2.24) is 4.98 Å². The van der Waals surface area contributed by atoms with Crippen LogP contribution in [0, 0.1) is 11.3 Å². The Bertz CT molecular complexity index is 536. The first-order chi connectivity index (χ1) is 7.72. The first kappa shape index (κ1) is 10.1. The van der Waals surface area contributed by atoms with E-state index in [-0.39, 0.29) is 12.4 Å². The second-order valence-electron chi connectivity index (χ2n) is 3.06. The molecule has 0 radical (unpaired) electrons. The molecular formula is C10H8N4O2. The van der Waals surface area contributed by atoms with E-state index >= 15 is 0 Å². The number of carbonyl (C=O) groups is 1. The second-order valence-corrected chi connectivity index (χ2v) is 3.06. The van der Waals surface area contributed by atoms with Gasteiger partial charge in [0.05, 0.1) is 6.07 Å². The summed E-state index contributed by atoms with van der Waals surface area (Å²) in [6, 6.07) is 8.74. The molecule has 2 N–H and O–H groups in total. The lowest BCUT2D eigenvalue weighted by atomic mass is 10.3. The van der Waals surface area contributed by atoms with Gasteiger partial charge < -0.3 is 4.42 Å². The molecule has 0 aliphatic heterocycles. The van der Waals surface area contributed by atoms with Crippen molar-refractivity contribution in [2.45, 2.75) is 6.42 Å². The number of oxazole rings is 1. The predicted octanol–water partition coefficient (Wildman–Crippen LogP) is 0.948. The summed E-state index contributed by atoms with van der Waals surface area (Å²) in [6.07, 6.45) is -0.310. The van der Waals surface area contributed by atoms with Gasteiger partial charge in [0.25, 0.3) is 5.91 Å². The molecule has 6 nitrogen and oxygen atoms in total. The number of carbonyl (C=O) groups excluding carboxylic acids is 1. The van der Waals surface area contributed by atoms with E-state index in [9.17, 15) is 4.79 Å². The van der Waals surface area contributed by atoms with Crippen LogP contribution in [0.2, 0.25) is 0 Å². The standard InChI is InChI=1S/C10H8N4O2/c11-6-5-9(15)14(12)10-13-7-3-1-2-4-8(7)16-10/h1-4H,5,12H2. The first-order valence-corrected chi connectivity index (χ1v) is 4.52. The van der Waals surface area contributed by atoms with Gasteiger partial charge in [-0.25, -0.2) is 5.84 Å². The molecule has 6 heteroatoms. The van der Waals surface area contributed by atoms with E-state index in [4.69, 9.17) is 15.5 Å². The molecule has 1 amide bonds. The maximum Gasteiger partial charge on any atom is 0.320 e. The number of para-hydroxylation sites is 2. The molecule has 0 saturated heterocycles. The van der Waals surface area contributed by atoms with Crippen LogP contribution in [0.1, 0.15) is 6.42 Å². The summed E-state index contributed by atoms with van der Waals surface area (Å²) >= 11 is 0. The number of amides is 1. The lowest BCUT2D eigenvalue weighted by Crippen LogP contribution is -2.37. The zero-order chi connectivity index (χ0) is 11.5. The molecule has 0 unspecified atom stereocenters. The third-order valence-corrected chi connectivity index (χ3v) is 1.99. The van der Waals surface area contributed by atoms with Gasteiger partial charge in [0.2, 0.25) is 0 Å². The van der Waals surface area contributed by atoms with Gasteiger partial charge in [-0.15, -0.1) is 0 Å². The maximum atomic E-state index is 11.3. The average Bonchev–Trinajstić information content (AvgIpc) is 2.71. The van der Waals surface area contributed by atoms with Crippen LogP contribution in [-0.4, -0.2) is 10.9 Å². The molecule has 0 atom stereocenters. The van der Waals surface area contributed by atoms with Crippen LogP contribution >= 0.6 is 0 Å². The third kappa shape index (κ3) is 1.71. The zero-order valence-corrected chi connectivity index (χ0v) is 8.25. The van der Waals surface area contributed by atoms with Gasteiger partial charge in [0.15, 0.2) is 5.58 Å². The zero-order valence-electron chi connectivity index (χ0n) is 8.25. The SMILES string of the molecule is N#CCC(=O)N(N)c1nc2ccccc2o1. The number of hydrogen-bond donors (Lipinski definition) is 1. The summed E-state index contributed by atoms with van der Waals surface area (Å²) in [5, 5.41) is 9.11. The third-order valence-electron chi connectivity index (χ3n) is 1.99. The number of nitriles is 1. The monoisotopic (exact) mass is 216 g/mol. The van der Waals surface area contributed by atoms with E-state index in [1.165, 1.54) is 0 Å². The van der Waals surface area contributed by atoms with Crippen LogP contribution in [0.5, 0.6) is 0 Å². The molecule has 0 aliphatic rings. The molecule has 0 bridgehead atoms. The Balaban J connectivity index is 2.34. The molecule has 0 spiro atoms. The lowest BCUT2D eigenvalue weighted by molar-refractivity contribution is -0.117. The van der Waals surface area contributed by atoms with Gasteiger partial charge in [-0.3, -0.25) is 4.79 Å². The summed E-state index contributed by atoms with van der Waals surface area (Å²) < 4.78 is 5.26. The Morgan fingerprint density at radius 3 is 3.00 bits per heavy atom. The van der Waals surface area contributed by atoms with Crippen LogP contribution in [0.15, 0.2) is 28.7 Å². The molecule has 2 rings (SSSR count). The highest BCUT2D eigenvalue weighted by atomic mass is 16.4. The Labute approximate surface area is 90.8 Å². The fraction of sp³-hybridized carbons (Fsp3) is 0.100.